The third kappa shape index (κ3) is 5.56. The molecule has 0 amide bonds. The maximum absolute atomic E-state index is 12.8. The lowest BCUT2D eigenvalue weighted by molar-refractivity contribution is -0.137. The number of aromatic amines is 1. The van der Waals surface area contributed by atoms with Crippen LogP contribution in [0.5, 0.6) is 5.88 Å². The Balaban J connectivity index is 1.24. The second kappa shape index (κ2) is 9.81. The zero-order chi connectivity index (χ0) is 24.4. The topological polar surface area (TPSA) is 71.1 Å². The van der Waals surface area contributed by atoms with Crippen molar-refractivity contribution in [3.63, 3.8) is 0 Å². The molecule has 1 N–H and O–H groups in total. The number of benzene rings is 1. The number of alkyl halides is 3. The van der Waals surface area contributed by atoms with Crippen molar-refractivity contribution in [1.29, 1.82) is 0 Å². The minimum Gasteiger partial charge on any atom is -0.474 e. The molecule has 0 spiro atoms. The molecule has 1 fully saturated rings. The highest BCUT2D eigenvalue weighted by Gasteiger charge is 2.30. The maximum atomic E-state index is 12.8. The van der Waals surface area contributed by atoms with Crippen LogP contribution in [-0.2, 0) is 25.7 Å². The summed E-state index contributed by atoms with van der Waals surface area (Å²) >= 11 is 0. The number of aromatic nitrogens is 3. The Hall–Kier alpha value is -3.20. The van der Waals surface area contributed by atoms with Gasteiger partial charge in [-0.2, -0.15) is 13.2 Å². The molecule has 6 nitrogen and oxygen atoms in total. The fourth-order valence-corrected chi connectivity index (χ4v) is 4.76. The van der Waals surface area contributed by atoms with E-state index in [-0.39, 0.29) is 17.5 Å². The fraction of sp³-hybridized carbons (Fsp3) is 0.423. The Morgan fingerprint density at radius 1 is 1.06 bits per heavy atom. The van der Waals surface area contributed by atoms with Crippen molar-refractivity contribution >= 4 is 0 Å². The van der Waals surface area contributed by atoms with Gasteiger partial charge >= 0.3 is 6.18 Å². The van der Waals surface area contributed by atoms with Crippen LogP contribution < -0.4 is 10.3 Å². The lowest BCUT2D eigenvalue weighted by Crippen LogP contribution is -2.35. The van der Waals surface area contributed by atoms with Crippen LogP contribution in [0.3, 0.4) is 0 Å². The van der Waals surface area contributed by atoms with Gasteiger partial charge in [0.1, 0.15) is 11.9 Å². The van der Waals surface area contributed by atoms with Crippen molar-refractivity contribution in [1.82, 2.24) is 19.9 Å². The largest absolute Gasteiger partial charge is 0.474 e. The van der Waals surface area contributed by atoms with Crippen LogP contribution in [0, 0.1) is 0 Å². The van der Waals surface area contributed by atoms with Gasteiger partial charge in [-0.1, -0.05) is 24.6 Å². The average Bonchev–Trinajstić information content (AvgIpc) is 2.86. The van der Waals surface area contributed by atoms with Gasteiger partial charge in [-0.25, -0.2) is 9.97 Å². The van der Waals surface area contributed by atoms with Crippen molar-refractivity contribution in [3.05, 3.63) is 75.3 Å². The van der Waals surface area contributed by atoms with Crippen LogP contribution in [0.1, 0.15) is 54.5 Å². The summed E-state index contributed by atoms with van der Waals surface area (Å²) in [6.45, 7) is 1.82. The molecular weight excluding hydrogens is 457 g/mol. The molecule has 0 saturated heterocycles. The van der Waals surface area contributed by atoms with Crippen LogP contribution in [-0.4, -0.2) is 32.5 Å². The number of fused-ring (bicyclic) bond motifs is 1. The summed E-state index contributed by atoms with van der Waals surface area (Å²) in [5, 5.41) is 0. The molecule has 2 aliphatic rings. The van der Waals surface area contributed by atoms with Crippen LogP contribution >= 0.6 is 0 Å². The molecule has 184 valence electrons. The first-order chi connectivity index (χ1) is 16.8. The molecule has 1 saturated carbocycles. The first kappa shape index (κ1) is 23.5. The summed E-state index contributed by atoms with van der Waals surface area (Å²) in [7, 11) is 0. The molecule has 0 radical (unpaired) electrons. The first-order valence-corrected chi connectivity index (χ1v) is 12.0. The van der Waals surface area contributed by atoms with Gasteiger partial charge in [0.2, 0.25) is 5.88 Å². The van der Waals surface area contributed by atoms with Crippen LogP contribution in [0.2, 0.25) is 0 Å². The molecule has 3 aromatic rings. The molecular formula is C26H27F3N4O2. The van der Waals surface area contributed by atoms with Crippen molar-refractivity contribution in [2.45, 2.75) is 63.9 Å². The normalized spacial score (nSPS) is 17.2. The molecule has 0 bridgehead atoms. The Labute approximate surface area is 201 Å². The van der Waals surface area contributed by atoms with Gasteiger partial charge in [0, 0.05) is 43.9 Å². The van der Waals surface area contributed by atoms with Crippen LogP contribution in [0.4, 0.5) is 13.2 Å². The maximum Gasteiger partial charge on any atom is 0.416 e. The zero-order valence-corrected chi connectivity index (χ0v) is 19.3. The van der Waals surface area contributed by atoms with E-state index in [0.29, 0.717) is 42.2 Å². The number of nitrogens with zero attached hydrogens (tertiary/aromatic N) is 3. The molecule has 0 atom stereocenters. The van der Waals surface area contributed by atoms with E-state index in [1.54, 1.807) is 0 Å². The summed E-state index contributed by atoms with van der Waals surface area (Å²) in [6.07, 6.45) is 4.12. The second-order valence-corrected chi connectivity index (χ2v) is 9.26. The minimum absolute atomic E-state index is 0.257. The third-order valence-corrected chi connectivity index (χ3v) is 6.68. The fourth-order valence-electron chi connectivity index (χ4n) is 4.76. The van der Waals surface area contributed by atoms with Crippen LogP contribution in [0.15, 0.2) is 47.4 Å². The van der Waals surface area contributed by atoms with Crippen molar-refractivity contribution in [3.8, 4) is 17.3 Å². The van der Waals surface area contributed by atoms with Crippen molar-refractivity contribution in [2.24, 2.45) is 0 Å². The van der Waals surface area contributed by atoms with E-state index in [9.17, 15) is 18.0 Å². The van der Waals surface area contributed by atoms with E-state index in [2.05, 4.69) is 19.9 Å². The predicted molar refractivity (Wildman–Crippen MR) is 125 cm³/mol. The Bertz CT molecular complexity index is 1220. The SMILES string of the molecule is O=c1[nH]c(-c2ccc(C(F)(F)F)cc2)nc2c1CN(Cc1ccc(OC3CCCCC3)nc1)CC2. The van der Waals surface area contributed by atoms with Crippen molar-refractivity contribution < 1.29 is 17.9 Å². The van der Waals surface area contributed by atoms with Gasteiger partial charge in [-0.05, 0) is 43.4 Å². The molecule has 35 heavy (non-hydrogen) atoms. The third-order valence-electron chi connectivity index (χ3n) is 6.68. The summed E-state index contributed by atoms with van der Waals surface area (Å²) in [5.41, 5.74) is 1.77. The summed E-state index contributed by atoms with van der Waals surface area (Å²) in [4.78, 5) is 26.7. The number of H-pyrrole nitrogens is 1. The molecule has 9 heteroatoms. The number of pyridine rings is 1. The van der Waals surface area contributed by atoms with E-state index >= 15 is 0 Å². The lowest BCUT2D eigenvalue weighted by Gasteiger charge is -2.27. The van der Waals surface area contributed by atoms with Gasteiger partial charge in [0.05, 0.1) is 16.8 Å². The molecule has 0 unspecified atom stereocenters. The van der Waals surface area contributed by atoms with E-state index in [1.165, 1.54) is 31.4 Å². The number of rotatable bonds is 5. The van der Waals surface area contributed by atoms with Gasteiger partial charge < -0.3 is 9.72 Å². The first-order valence-electron chi connectivity index (χ1n) is 12.0. The van der Waals surface area contributed by atoms with E-state index in [0.717, 1.165) is 37.1 Å². The van der Waals surface area contributed by atoms with Gasteiger partial charge in [0.15, 0.2) is 0 Å². The molecule has 5 rings (SSSR count). The number of hydrogen-bond acceptors (Lipinski definition) is 5. The average molecular weight is 485 g/mol. The van der Waals surface area contributed by atoms with E-state index in [1.807, 2.05) is 18.3 Å². The van der Waals surface area contributed by atoms with Crippen LogP contribution in [0.25, 0.3) is 11.4 Å². The number of halogens is 3. The Morgan fingerprint density at radius 3 is 2.51 bits per heavy atom. The Kier molecular flexibility index (Phi) is 6.60. The minimum atomic E-state index is -4.41. The smallest absolute Gasteiger partial charge is 0.416 e. The van der Waals surface area contributed by atoms with Gasteiger partial charge in [0.25, 0.3) is 5.56 Å². The molecule has 3 heterocycles. The summed E-state index contributed by atoms with van der Waals surface area (Å²) in [6, 6.07) is 8.57. The van der Waals surface area contributed by atoms with E-state index in [4.69, 9.17) is 4.74 Å². The lowest BCUT2D eigenvalue weighted by atomic mass is 9.98. The highest BCUT2D eigenvalue weighted by molar-refractivity contribution is 5.56. The number of hydrogen-bond donors (Lipinski definition) is 1. The quantitative estimate of drug-likeness (QED) is 0.544. The highest BCUT2D eigenvalue weighted by Crippen LogP contribution is 2.30. The number of ether oxygens (including phenoxy) is 1. The molecule has 1 aromatic carbocycles. The van der Waals surface area contributed by atoms with Gasteiger partial charge in [-0.3, -0.25) is 9.69 Å². The monoisotopic (exact) mass is 484 g/mol. The molecule has 1 aliphatic carbocycles. The molecule has 1 aliphatic heterocycles. The van der Waals surface area contributed by atoms with Crippen molar-refractivity contribution in [2.75, 3.05) is 6.54 Å². The molecule has 2 aromatic heterocycles. The van der Waals surface area contributed by atoms with Gasteiger partial charge in [-0.15, -0.1) is 0 Å². The predicted octanol–water partition coefficient (Wildman–Crippen LogP) is 5.12. The highest BCUT2D eigenvalue weighted by atomic mass is 19.4. The zero-order valence-electron chi connectivity index (χ0n) is 19.3. The summed E-state index contributed by atoms with van der Waals surface area (Å²) in [5.74, 6) is 0.940. The Morgan fingerprint density at radius 2 is 1.83 bits per heavy atom. The number of nitrogens with one attached hydrogen (secondary N) is 1. The standard InChI is InChI=1S/C26H27F3N4O2/c27-26(28,29)19-9-7-18(8-10-19)24-31-22-12-13-33(16-21(22)25(34)32-24)15-17-6-11-23(30-14-17)35-20-4-2-1-3-5-20/h6-11,14,20H,1-5,12-13,15-16H2,(H,31,32,34). The van der Waals surface area contributed by atoms with E-state index < -0.39 is 11.7 Å². The summed E-state index contributed by atoms with van der Waals surface area (Å²) < 4.78 is 44.5. The second-order valence-electron chi connectivity index (χ2n) is 9.26.